The van der Waals surface area contributed by atoms with Crippen molar-refractivity contribution in [1.82, 2.24) is 10.3 Å². The lowest BCUT2D eigenvalue weighted by molar-refractivity contribution is 0.388. The molecule has 0 spiro atoms. The highest BCUT2D eigenvalue weighted by molar-refractivity contribution is 7.15. The van der Waals surface area contributed by atoms with Crippen LogP contribution in [0.1, 0.15) is 63.9 Å². The SMILES string of the molecule is CCN(CC)c1nc2c(s1)CCCC2CNC(C)(C)C. The highest BCUT2D eigenvalue weighted by atomic mass is 32.1. The average molecular weight is 295 g/mol. The van der Waals surface area contributed by atoms with E-state index in [2.05, 4.69) is 44.8 Å². The van der Waals surface area contributed by atoms with Crippen molar-refractivity contribution in [2.45, 2.75) is 65.3 Å². The van der Waals surface area contributed by atoms with E-state index in [1.165, 1.54) is 35.0 Å². The molecule has 3 nitrogen and oxygen atoms in total. The fraction of sp³-hybridized carbons (Fsp3) is 0.812. The summed E-state index contributed by atoms with van der Waals surface area (Å²) >= 11 is 1.92. The normalized spacial score (nSPS) is 18.9. The molecule has 1 atom stereocenters. The quantitative estimate of drug-likeness (QED) is 0.895. The summed E-state index contributed by atoms with van der Waals surface area (Å²) in [6.07, 6.45) is 3.81. The number of hydrogen-bond donors (Lipinski definition) is 1. The predicted octanol–water partition coefficient (Wildman–Crippen LogP) is 3.80. The van der Waals surface area contributed by atoms with Crippen molar-refractivity contribution >= 4 is 16.5 Å². The largest absolute Gasteiger partial charge is 0.349 e. The van der Waals surface area contributed by atoms with E-state index in [1.807, 2.05) is 11.3 Å². The maximum absolute atomic E-state index is 4.98. The fourth-order valence-electron chi connectivity index (χ4n) is 2.75. The summed E-state index contributed by atoms with van der Waals surface area (Å²) < 4.78 is 0. The first-order valence-electron chi connectivity index (χ1n) is 7.94. The molecule has 0 saturated heterocycles. The maximum Gasteiger partial charge on any atom is 0.185 e. The van der Waals surface area contributed by atoms with Gasteiger partial charge in [-0.25, -0.2) is 4.98 Å². The lowest BCUT2D eigenvalue weighted by atomic mass is 9.90. The Kier molecular flexibility index (Phi) is 5.08. The van der Waals surface area contributed by atoms with Crippen molar-refractivity contribution in [1.29, 1.82) is 0 Å². The molecule has 4 heteroatoms. The molecule has 1 aliphatic rings. The van der Waals surface area contributed by atoms with Crippen molar-refractivity contribution in [3.05, 3.63) is 10.6 Å². The van der Waals surface area contributed by atoms with Crippen LogP contribution in [0.5, 0.6) is 0 Å². The minimum atomic E-state index is 0.190. The summed E-state index contributed by atoms with van der Waals surface area (Å²) in [6.45, 7) is 14.3. The Balaban J connectivity index is 2.14. The van der Waals surface area contributed by atoms with Crippen LogP contribution in [0.4, 0.5) is 5.13 Å². The third-order valence-corrected chi connectivity index (χ3v) is 5.16. The summed E-state index contributed by atoms with van der Waals surface area (Å²) in [5.74, 6) is 0.596. The molecular formula is C16H29N3S. The van der Waals surface area contributed by atoms with Gasteiger partial charge in [-0.3, -0.25) is 0 Å². The van der Waals surface area contributed by atoms with E-state index in [0.29, 0.717) is 5.92 Å². The molecule has 1 aliphatic carbocycles. The summed E-state index contributed by atoms with van der Waals surface area (Å²) in [5.41, 5.74) is 1.56. The third-order valence-electron chi connectivity index (χ3n) is 3.97. The minimum absolute atomic E-state index is 0.190. The summed E-state index contributed by atoms with van der Waals surface area (Å²) in [7, 11) is 0. The molecular weight excluding hydrogens is 266 g/mol. The highest BCUT2D eigenvalue weighted by Gasteiger charge is 2.26. The Morgan fingerprint density at radius 2 is 2.00 bits per heavy atom. The molecule has 1 aromatic rings. The zero-order valence-corrected chi connectivity index (χ0v) is 14.4. The molecule has 0 aliphatic heterocycles. The number of nitrogens with zero attached hydrogens (tertiary/aromatic N) is 2. The summed E-state index contributed by atoms with van der Waals surface area (Å²) in [4.78, 5) is 8.88. The number of aryl methyl sites for hydroxylation is 1. The second kappa shape index (κ2) is 6.44. The van der Waals surface area contributed by atoms with Crippen molar-refractivity contribution in [2.24, 2.45) is 0 Å². The molecule has 0 amide bonds. The number of nitrogens with one attached hydrogen (secondary N) is 1. The summed E-state index contributed by atoms with van der Waals surface area (Å²) in [6, 6.07) is 0. The van der Waals surface area contributed by atoms with Gasteiger partial charge < -0.3 is 10.2 Å². The monoisotopic (exact) mass is 295 g/mol. The summed E-state index contributed by atoms with van der Waals surface area (Å²) in [5, 5.41) is 4.87. The van der Waals surface area contributed by atoms with Crippen LogP contribution in [-0.4, -0.2) is 30.2 Å². The number of anilines is 1. The van der Waals surface area contributed by atoms with Crippen LogP contribution in [0, 0.1) is 0 Å². The molecule has 0 radical (unpaired) electrons. The number of rotatable bonds is 5. The number of fused-ring (bicyclic) bond motifs is 1. The average Bonchev–Trinajstić information content (AvgIpc) is 2.81. The van der Waals surface area contributed by atoms with Gasteiger partial charge in [-0.15, -0.1) is 11.3 Å². The molecule has 1 unspecified atom stereocenters. The van der Waals surface area contributed by atoms with E-state index in [9.17, 15) is 0 Å². The topological polar surface area (TPSA) is 28.2 Å². The molecule has 0 saturated carbocycles. The van der Waals surface area contributed by atoms with Crippen LogP contribution in [-0.2, 0) is 6.42 Å². The molecule has 1 aromatic heterocycles. The first-order valence-corrected chi connectivity index (χ1v) is 8.75. The predicted molar refractivity (Wildman–Crippen MR) is 89.1 cm³/mol. The Morgan fingerprint density at radius 1 is 1.30 bits per heavy atom. The van der Waals surface area contributed by atoms with E-state index in [0.717, 1.165) is 19.6 Å². The van der Waals surface area contributed by atoms with Gasteiger partial charge in [-0.2, -0.15) is 0 Å². The molecule has 114 valence electrons. The molecule has 2 rings (SSSR count). The molecule has 20 heavy (non-hydrogen) atoms. The van der Waals surface area contributed by atoms with Crippen molar-refractivity contribution in [3.8, 4) is 0 Å². The van der Waals surface area contributed by atoms with Crippen molar-refractivity contribution < 1.29 is 0 Å². The van der Waals surface area contributed by atoms with E-state index in [4.69, 9.17) is 4.98 Å². The van der Waals surface area contributed by atoms with Crippen molar-refractivity contribution in [2.75, 3.05) is 24.5 Å². The van der Waals surface area contributed by atoms with Crippen LogP contribution < -0.4 is 10.2 Å². The molecule has 1 heterocycles. The van der Waals surface area contributed by atoms with Crippen LogP contribution in [0.15, 0.2) is 0 Å². The van der Waals surface area contributed by atoms with E-state index in [-0.39, 0.29) is 5.54 Å². The van der Waals surface area contributed by atoms with Gasteiger partial charge in [0.1, 0.15) is 0 Å². The van der Waals surface area contributed by atoms with Crippen LogP contribution in [0.2, 0.25) is 0 Å². The van der Waals surface area contributed by atoms with E-state index >= 15 is 0 Å². The first-order chi connectivity index (χ1) is 9.44. The number of thiazole rings is 1. The van der Waals surface area contributed by atoms with Gasteiger partial charge >= 0.3 is 0 Å². The van der Waals surface area contributed by atoms with E-state index in [1.54, 1.807) is 0 Å². The lowest BCUT2D eigenvalue weighted by Crippen LogP contribution is -2.39. The standard InChI is InChI=1S/C16H29N3S/c1-6-19(7-2)15-18-14-12(11-17-16(3,4)5)9-8-10-13(14)20-15/h12,17H,6-11H2,1-5H3. The van der Waals surface area contributed by atoms with Crippen molar-refractivity contribution in [3.63, 3.8) is 0 Å². The maximum atomic E-state index is 4.98. The molecule has 0 bridgehead atoms. The van der Waals surface area contributed by atoms with Crippen LogP contribution in [0.25, 0.3) is 0 Å². The smallest absolute Gasteiger partial charge is 0.185 e. The Labute approximate surface area is 127 Å². The number of hydrogen-bond acceptors (Lipinski definition) is 4. The number of aromatic nitrogens is 1. The van der Waals surface area contributed by atoms with Gasteiger partial charge in [-0.05, 0) is 53.9 Å². The van der Waals surface area contributed by atoms with Gasteiger partial charge in [0.05, 0.1) is 5.69 Å². The van der Waals surface area contributed by atoms with Gasteiger partial charge in [0.15, 0.2) is 5.13 Å². The fourth-order valence-corrected chi connectivity index (χ4v) is 4.07. The van der Waals surface area contributed by atoms with Gasteiger partial charge in [0.25, 0.3) is 0 Å². The first kappa shape index (κ1) is 15.8. The molecule has 0 fully saturated rings. The Bertz CT molecular complexity index is 429. The van der Waals surface area contributed by atoms with Gasteiger partial charge in [0, 0.05) is 36.0 Å². The highest BCUT2D eigenvalue weighted by Crippen LogP contribution is 2.37. The molecule has 1 N–H and O–H groups in total. The van der Waals surface area contributed by atoms with Crippen LogP contribution in [0.3, 0.4) is 0 Å². The second-order valence-corrected chi connectivity index (χ2v) is 7.76. The zero-order valence-electron chi connectivity index (χ0n) is 13.6. The molecule has 0 aromatic carbocycles. The van der Waals surface area contributed by atoms with Crippen LogP contribution >= 0.6 is 11.3 Å². The lowest BCUT2D eigenvalue weighted by Gasteiger charge is -2.27. The zero-order chi connectivity index (χ0) is 14.8. The van der Waals surface area contributed by atoms with E-state index < -0.39 is 0 Å². The second-order valence-electron chi connectivity index (χ2n) is 6.70. The van der Waals surface area contributed by atoms with Gasteiger partial charge in [0.2, 0.25) is 0 Å². The Morgan fingerprint density at radius 3 is 2.60 bits per heavy atom. The third kappa shape index (κ3) is 3.73. The minimum Gasteiger partial charge on any atom is -0.349 e. The van der Waals surface area contributed by atoms with Gasteiger partial charge in [-0.1, -0.05) is 0 Å². The Hall–Kier alpha value is -0.610.